The highest BCUT2D eigenvalue weighted by molar-refractivity contribution is 5.87. The smallest absolute Gasteiger partial charge is 0.244 e. The first-order chi connectivity index (χ1) is 14.2. The molecule has 2 N–H and O–H groups in total. The topological polar surface area (TPSA) is 117 Å². The Morgan fingerprint density at radius 1 is 1.37 bits per heavy atom. The van der Waals surface area contributed by atoms with Gasteiger partial charge in [0.2, 0.25) is 11.8 Å². The van der Waals surface area contributed by atoms with Crippen LogP contribution in [0.3, 0.4) is 0 Å². The molecule has 9 heteroatoms. The third-order valence-electron chi connectivity index (χ3n) is 5.13. The average molecular weight is 408 g/mol. The Labute approximate surface area is 172 Å². The lowest BCUT2D eigenvalue weighted by Crippen LogP contribution is -2.39. The third kappa shape index (κ3) is 3.85. The molecule has 0 aliphatic heterocycles. The molecule has 0 saturated heterocycles. The minimum Gasteiger partial charge on any atom is -0.368 e. The van der Waals surface area contributed by atoms with Crippen LogP contribution in [0.5, 0.6) is 0 Å². The number of nitriles is 1. The van der Waals surface area contributed by atoms with Gasteiger partial charge in [-0.1, -0.05) is 12.1 Å². The first-order valence-corrected chi connectivity index (χ1v) is 9.29. The number of hydrogen-bond donors (Lipinski definition) is 1. The molecule has 2 aromatic heterocycles. The Balaban J connectivity index is 1.82. The van der Waals surface area contributed by atoms with Crippen molar-refractivity contribution in [2.24, 2.45) is 5.73 Å². The summed E-state index contributed by atoms with van der Waals surface area (Å²) < 4.78 is 15.2. The van der Waals surface area contributed by atoms with Gasteiger partial charge < -0.3 is 10.6 Å². The highest BCUT2D eigenvalue weighted by Crippen LogP contribution is 2.23. The lowest BCUT2D eigenvalue weighted by Gasteiger charge is -2.26. The standard InChI is InChI=1S/C21H21FN6O2/c1-12-17(13(2)28-21(26-12)15(10-23)11-25-28)7-8-18(29)27(3)19(20(24)30)14-5-4-6-16(22)9-14/h4-6,9,11,19H,7-8H2,1-3H3,(H2,24,30). The van der Waals surface area contributed by atoms with Crippen molar-refractivity contribution in [1.82, 2.24) is 19.5 Å². The normalized spacial score (nSPS) is 11.8. The summed E-state index contributed by atoms with van der Waals surface area (Å²) in [4.78, 5) is 30.4. The molecule has 0 aliphatic rings. The van der Waals surface area contributed by atoms with Crippen LogP contribution in [0.15, 0.2) is 30.5 Å². The quantitative estimate of drug-likeness (QED) is 0.669. The van der Waals surface area contributed by atoms with E-state index in [0.717, 1.165) is 11.3 Å². The SMILES string of the molecule is Cc1nc2c(C#N)cnn2c(C)c1CCC(=O)N(C)C(C(N)=O)c1cccc(F)c1. The van der Waals surface area contributed by atoms with Crippen molar-refractivity contribution in [3.8, 4) is 6.07 Å². The Kier molecular flexibility index (Phi) is 5.78. The molecule has 1 atom stereocenters. The van der Waals surface area contributed by atoms with Crippen molar-refractivity contribution in [2.45, 2.75) is 32.7 Å². The van der Waals surface area contributed by atoms with Gasteiger partial charge in [-0.25, -0.2) is 13.9 Å². The molecule has 0 spiro atoms. The largest absolute Gasteiger partial charge is 0.368 e. The summed E-state index contributed by atoms with van der Waals surface area (Å²) >= 11 is 0. The summed E-state index contributed by atoms with van der Waals surface area (Å²) in [6.07, 6.45) is 1.91. The van der Waals surface area contributed by atoms with Crippen molar-refractivity contribution in [3.05, 3.63) is 64.4 Å². The van der Waals surface area contributed by atoms with Gasteiger partial charge in [0, 0.05) is 24.9 Å². The Bertz CT molecular complexity index is 1180. The highest BCUT2D eigenvalue weighted by Gasteiger charge is 2.27. The monoisotopic (exact) mass is 408 g/mol. The molecular formula is C21H21FN6O2. The maximum Gasteiger partial charge on any atom is 0.244 e. The van der Waals surface area contributed by atoms with E-state index in [9.17, 15) is 14.0 Å². The van der Waals surface area contributed by atoms with Crippen LogP contribution in [-0.4, -0.2) is 38.4 Å². The van der Waals surface area contributed by atoms with Crippen molar-refractivity contribution in [3.63, 3.8) is 0 Å². The predicted octanol–water partition coefficient (Wildman–Crippen LogP) is 1.97. The lowest BCUT2D eigenvalue weighted by atomic mass is 10.0. The molecule has 0 radical (unpaired) electrons. The minimum absolute atomic E-state index is 0.0941. The number of benzene rings is 1. The number of likely N-dealkylation sites (N-methyl/N-ethyl adjacent to an activating group) is 1. The fourth-order valence-corrected chi connectivity index (χ4v) is 3.56. The van der Waals surface area contributed by atoms with Crippen LogP contribution in [0.1, 0.15) is 40.5 Å². The van der Waals surface area contributed by atoms with E-state index in [1.54, 1.807) is 10.6 Å². The number of nitrogens with zero attached hydrogens (tertiary/aromatic N) is 5. The first-order valence-electron chi connectivity index (χ1n) is 9.29. The van der Waals surface area contributed by atoms with Crippen LogP contribution in [-0.2, 0) is 16.0 Å². The van der Waals surface area contributed by atoms with Gasteiger partial charge in [-0.3, -0.25) is 9.59 Å². The zero-order chi connectivity index (χ0) is 22.0. The summed E-state index contributed by atoms with van der Waals surface area (Å²) in [5, 5.41) is 13.4. The van der Waals surface area contributed by atoms with E-state index in [4.69, 9.17) is 11.0 Å². The van der Waals surface area contributed by atoms with Crippen LogP contribution in [0.2, 0.25) is 0 Å². The Hall–Kier alpha value is -3.80. The predicted molar refractivity (Wildman–Crippen MR) is 107 cm³/mol. The maximum atomic E-state index is 13.6. The molecule has 0 fully saturated rings. The van der Waals surface area contributed by atoms with E-state index >= 15 is 0 Å². The fourth-order valence-electron chi connectivity index (χ4n) is 3.56. The molecule has 154 valence electrons. The molecule has 30 heavy (non-hydrogen) atoms. The average Bonchev–Trinajstić information content (AvgIpc) is 3.10. The number of carbonyl (C=O) groups excluding carboxylic acids is 2. The van der Waals surface area contributed by atoms with E-state index in [0.29, 0.717) is 28.9 Å². The summed E-state index contributed by atoms with van der Waals surface area (Å²) in [6, 6.07) is 6.45. The molecule has 2 amide bonds. The highest BCUT2D eigenvalue weighted by atomic mass is 19.1. The van der Waals surface area contributed by atoms with Gasteiger partial charge >= 0.3 is 0 Å². The third-order valence-corrected chi connectivity index (χ3v) is 5.13. The van der Waals surface area contributed by atoms with E-state index in [1.807, 2.05) is 13.8 Å². The second-order valence-corrected chi connectivity index (χ2v) is 7.03. The van der Waals surface area contributed by atoms with Gasteiger partial charge in [-0.15, -0.1) is 0 Å². The zero-order valence-corrected chi connectivity index (χ0v) is 16.9. The fraction of sp³-hybridized carbons (Fsp3) is 0.286. The molecule has 3 rings (SSSR count). The summed E-state index contributed by atoms with van der Waals surface area (Å²) in [5.41, 5.74) is 8.96. The number of aromatic nitrogens is 3. The number of fused-ring (bicyclic) bond motifs is 1. The van der Waals surface area contributed by atoms with E-state index in [1.165, 1.54) is 36.3 Å². The number of carbonyl (C=O) groups is 2. The minimum atomic E-state index is -1.07. The molecule has 1 aromatic carbocycles. The van der Waals surface area contributed by atoms with Gasteiger partial charge in [0.15, 0.2) is 5.65 Å². The van der Waals surface area contributed by atoms with Gasteiger partial charge in [-0.05, 0) is 43.5 Å². The van der Waals surface area contributed by atoms with Gasteiger partial charge in [0.25, 0.3) is 0 Å². The van der Waals surface area contributed by atoms with E-state index < -0.39 is 17.8 Å². The molecule has 8 nitrogen and oxygen atoms in total. The molecule has 0 bridgehead atoms. The number of nitrogens with two attached hydrogens (primary N) is 1. The maximum absolute atomic E-state index is 13.6. The molecule has 3 aromatic rings. The van der Waals surface area contributed by atoms with Crippen LogP contribution >= 0.6 is 0 Å². The number of hydrogen-bond acceptors (Lipinski definition) is 5. The van der Waals surface area contributed by atoms with Gasteiger partial charge in [0.1, 0.15) is 23.5 Å². The molecule has 1 unspecified atom stereocenters. The number of primary amides is 1. The number of amides is 2. The van der Waals surface area contributed by atoms with Crippen molar-refractivity contribution in [1.29, 1.82) is 5.26 Å². The van der Waals surface area contributed by atoms with Crippen LogP contribution < -0.4 is 5.73 Å². The van der Waals surface area contributed by atoms with Gasteiger partial charge in [-0.2, -0.15) is 10.4 Å². The summed E-state index contributed by atoms with van der Waals surface area (Å²) in [6.45, 7) is 3.65. The second kappa shape index (κ2) is 8.29. The van der Waals surface area contributed by atoms with Crippen LogP contribution in [0.4, 0.5) is 4.39 Å². The van der Waals surface area contributed by atoms with E-state index in [-0.39, 0.29) is 12.3 Å². The number of rotatable bonds is 6. The summed E-state index contributed by atoms with van der Waals surface area (Å²) in [7, 11) is 1.47. The first kappa shape index (κ1) is 20.9. The van der Waals surface area contributed by atoms with Gasteiger partial charge in [0.05, 0.1) is 6.20 Å². The molecular weight excluding hydrogens is 387 g/mol. The molecule has 2 heterocycles. The number of halogens is 1. The zero-order valence-electron chi connectivity index (χ0n) is 16.9. The number of aryl methyl sites for hydroxylation is 2. The molecule has 0 aliphatic carbocycles. The molecule has 0 saturated carbocycles. The Morgan fingerprint density at radius 3 is 2.73 bits per heavy atom. The summed E-state index contributed by atoms with van der Waals surface area (Å²) in [5.74, 6) is -1.58. The second-order valence-electron chi connectivity index (χ2n) is 7.03. The van der Waals surface area contributed by atoms with Crippen LogP contribution in [0.25, 0.3) is 5.65 Å². The van der Waals surface area contributed by atoms with Crippen molar-refractivity contribution < 1.29 is 14.0 Å². The van der Waals surface area contributed by atoms with Crippen molar-refractivity contribution >= 4 is 17.5 Å². The van der Waals surface area contributed by atoms with Crippen molar-refractivity contribution in [2.75, 3.05) is 7.05 Å². The van der Waals surface area contributed by atoms with E-state index in [2.05, 4.69) is 16.2 Å². The lowest BCUT2D eigenvalue weighted by molar-refractivity contribution is -0.138. The van der Waals surface area contributed by atoms with Crippen LogP contribution in [0, 0.1) is 31.0 Å². The Morgan fingerprint density at radius 2 is 2.10 bits per heavy atom.